The lowest BCUT2D eigenvalue weighted by atomic mass is 10.0. The number of rotatable bonds is 4. The predicted molar refractivity (Wildman–Crippen MR) is 88.8 cm³/mol. The van der Waals surface area contributed by atoms with Crippen LogP contribution in [0.3, 0.4) is 0 Å². The summed E-state index contributed by atoms with van der Waals surface area (Å²) < 4.78 is 28.7. The van der Waals surface area contributed by atoms with Crippen LogP contribution in [0.25, 0.3) is 0 Å². The Balaban J connectivity index is 1.62. The summed E-state index contributed by atoms with van der Waals surface area (Å²) >= 11 is 0. The molecular weight excluding hydrogens is 344 g/mol. The topological polar surface area (TPSA) is 75.4 Å². The number of aromatic carboxylic acids is 1. The fourth-order valence-corrected chi connectivity index (χ4v) is 3.32. The number of likely N-dealkylation sites (tertiary alicyclic amines) is 1. The second-order valence-electron chi connectivity index (χ2n) is 6.40. The Hall–Kier alpha value is -2.77. The molecule has 1 aliphatic heterocycles. The van der Waals surface area contributed by atoms with Crippen LogP contribution in [-0.2, 0) is 11.2 Å². The molecule has 0 unspecified atom stereocenters. The van der Waals surface area contributed by atoms with Crippen molar-refractivity contribution in [2.45, 2.75) is 32.2 Å². The monoisotopic (exact) mass is 363 g/mol. The van der Waals surface area contributed by atoms with Gasteiger partial charge in [-0.25, -0.2) is 13.6 Å². The number of benzene rings is 1. The van der Waals surface area contributed by atoms with Gasteiger partial charge in [0.05, 0.1) is 24.4 Å². The van der Waals surface area contributed by atoms with Gasteiger partial charge >= 0.3 is 5.97 Å². The first kappa shape index (κ1) is 18.0. The molecule has 1 saturated heterocycles. The van der Waals surface area contributed by atoms with E-state index >= 15 is 0 Å². The van der Waals surface area contributed by atoms with E-state index in [2.05, 4.69) is 5.10 Å². The summed E-state index contributed by atoms with van der Waals surface area (Å²) in [6.07, 6.45) is 2.40. The van der Waals surface area contributed by atoms with E-state index in [0.717, 1.165) is 6.07 Å². The summed E-state index contributed by atoms with van der Waals surface area (Å²) in [6, 6.07) is 3.82. The summed E-state index contributed by atoms with van der Waals surface area (Å²) in [5.41, 5.74) is 0.806. The van der Waals surface area contributed by atoms with Crippen LogP contribution in [0.15, 0.2) is 24.4 Å². The van der Waals surface area contributed by atoms with Crippen LogP contribution in [0, 0.1) is 18.6 Å². The zero-order valence-electron chi connectivity index (χ0n) is 14.3. The summed E-state index contributed by atoms with van der Waals surface area (Å²) in [4.78, 5) is 25.1. The van der Waals surface area contributed by atoms with Gasteiger partial charge in [-0.15, -0.1) is 0 Å². The van der Waals surface area contributed by atoms with Crippen molar-refractivity contribution in [2.24, 2.45) is 0 Å². The lowest BCUT2D eigenvalue weighted by Crippen LogP contribution is -2.40. The van der Waals surface area contributed by atoms with Crippen molar-refractivity contribution in [3.63, 3.8) is 0 Å². The van der Waals surface area contributed by atoms with Crippen LogP contribution in [0.5, 0.6) is 0 Å². The molecule has 1 aromatic heterocycles. The van der Waals surface area contributed by atoms with Crippen molar-refractivity contribution < 1.29 is 23.5 Å². The molecule has 138 valence electrons. The van der Waals surface area contributed by atoms with E-state index in [1.165, 1.54) is 18.3 Å². The first-order chi connectivity index (χ1) is 12.4. The van der Waals surface area contributed by atoms with Crippen molar-refractivity contribution in [3.05, 3.63) is 52.9 Å². The van der Waals surface area contributed by atoms with Crippen LogP contribution in [0.2, 0.25) is 0 Å². The maximum atomic E-state index is 13.7. The number of carboxylic acid groups (broad SMARTS) is 1. The Morgan fingerprint density at radius 2 is 1.96 bits per heavy atom. The Morgan fingerprint density at radius 3 is 2.58 bits per heavy atom. The molecule has 0 atom stereocenters. The Bertz CT molecular complexity index is 842. The van der Waals surface area contributed by atoms with Gasteiger partial charge in [-0.3, -0.25) is 9.48 Å². The molecule has 2 heterocycles. The second-order valence-corrected chi connectivity index (χ2v) is 6.40. The van der Waals surface area contributed by atoms with Gasteiger partial charge in [0.1, 0.15) is 5.56 Å². The van der Waals surface area contributed by atoms with Gasteiger partial charge in [0.15, 0.2) is 11.6 Å². The van der Waals surface area contributed by atoms with Gasteiger partial charge in [-0.2, -0.15) is 5.10 Å². The van der Waals surface area contributed by atoms with E-state index < -0.39 is 17.6 Å². The second kappa shape index (κ2) is 7.23. The number of halogens is 2. The fraction of sp³-hybridized carbons (Fsp3) is 0.389. The molecule has 26 heavy (non-hydrogen) atoms. The number of aromatic nitrogens is 2. The minimum atomic E-state index is -1.02. The van der Waals surface area contributed by atoms with Crippen molar-refractivity contribution in [1.82, 2.24) is 14.7 Å². The van der Waals surface area contributed by atoms with Crippen molar-refractivity contribution in [2.75, 3.05) is 13.1 Å². The minimum Gasteiger partial charge on any atom is -0.478 e. The van der Waals surface area contributed by atoms with E-state index in [4.69, 9.17) is 5.11 Å². The molecule has 0 saturated carbocycles. The molecular formula is C18H19F2N3O3. The van der Waals surface area contributed by atoms with E-state index in [0.29, 0.717) is 31.6 Å². The van der Waals surface area contributed by atoms with Crippen molar-refractivity contribution >= 4 is 11.9 Å². The predicted octanol–water partition coefficient (Wildman–Crippen LogP) is 2.57. The van der Waals surface area contributed by atoms with Gasteiger partial charge in [-0.1, -0.05) is 12.1 Å². The smallest absolute Gasteiger partial charge is 0.339 e. The Kier molecular flexibility index (Phi) is 5.01. The number of piperidine rings is 1. The van der Waals surface area contributed by atoms with Gasteiger partial charge in [-0.05, 0) is 25.8 Å². The molecule has 1 aromatic carbocycles. The lowest BCUT2D eigenvalue weighted by molar-refractivity contribution is -0.131. The number of amides is 1. The van der Waals surface area contributed by atoms with Crippen molar-refractivity contribution in [3.8, 4) is 0 Å². The summed E-state index contributed by atoms with van der Waals surface area (Å²) in [6.45, 7) is 2.63. The quantitative estimate of drug-likeness (QED) is 0.906. The highest BCUT2D eigenvalue weighted by molar-refractivity contribution is 5.88. The zero-order valence-corrected chi connectivity index (χ0v) is 14.3. The molecule has 2 aromatic rings. The van der Waals surface area contributed by atoms with Gasteiger partial charge in [0.2, 0.25) is 5.91 Å². The van der Waals surface area contributed by atoms with E-state index in [1.54, 1.807) is 16.5 Å². The van der Waals surface area contributed by atoms with Crippen LogP contribution in [-0.4, -0.2) is 44.8 Å². The first-order valence-corrected chi connectivity index (χ1v) is 8.36. The zero-order chi connectivity index (χ0) is 18.8. The average Bonchev–Trinajstić information content (AvgIpc) is 3.01. The number of carbonyl (C=O) groups excluding carboxylic acids is 1. The molecule has 1 amide bonds. The maximum absolute atomic E-state index is 13.7. The summed E-state index contributed by atoms with van der Waals surface area (Å²) in [5.74, 6) is -3.21. The molecule has 1 fully saturated rings. The third-order valence-corrected chi connectivity index (χ3v) is 4.81. The third kappa shape index (κ3) is 3.44. The molecule has 1 N–H and O–H groups in total. The molecule has 8 heteroatoms. The highest BCUT2D eigenvalue weighted by atomic mass is 19.2. The molecule has 0 aliphatic carbocycles. The minimum absolute atomic E-state index is 0.0121. The maximum Gasteiger partial charge on any atom is 0.339 e. The number of carboxylic acids is 1. The van der Waals surface area contributed by atoms with E-state index in [1.807, 2.05) is 0 Å². The number of hydrogen-bond donors (Lipinski definition) is 1. The first-order valence-electron chi connectivity index (χ1n) is 8.36. The van der Waals surface area contributed by atoms with Gasteiger partial charge < -0.3 is 10.0 Å². The van der Waals surface area contributed by atoms with Crippen LogP contribution < -0.4 is 0 Å². The average molecular weight is 363 g/mol. The standard InChI is InChI=1S/C18H19F2N3O3/c1-11-14(18(25)26)10-21-23(11)13-5-7-22(8-6-13)16(24)9-12-3-2-4-15(19)17(12)20/h2-4,10,13H,5-9H2,1H3,(H,25,26). The lowest BCUT2D eigenvalue weighted by Gasteiger charge is -2.32. The molecule has 0 bridgehead atoms. The summed E-state index contributed by atoms with van der Waals surface area (Å²) in [5, 5.41) is 13.3. The summed E-state index contributed by atoms with van der Waals surface area (Å²) in [7, 11) is 0. The number of hydrogen-bond acceptors (Lipinski definition) is 3. The van der Waals surface area contributed by atoms with Crippen LogP contribution >= 0.6 is 0 Å². The fourth-order valence-electron chi connectivity index (χ4n) is 3.32. The van der Waals surface area contributed by atoms with Crippen LogP contribution in [0.4, 0.5) is 8.78 Å². The third-order valence-electron chi connectivity index (χ3n) is 4.81. The molecule has 6 nitrogen and oxygen atoms in total. The normalized spacial score (nSPS) is 15.3. The van der Waals surface area contributed by atoms with Crippen LogP contribution in [0.1, 0.15) is 40.5 Å². The highest BCUT2D eigenvalue weighted by Crippen LogP contribution is 2.25. The van der Waals surface area contributed by atoms with Crippen molar-refractivity contribution in [1.29, 1.82) is 0 Å². The van der Waals surface area contributed by atoms with Gasteiger partial charge in [0.25, 0.3) is 0 Å². The van der Waals surface area contributed by atoms with Gasteiger partial charge in [0, 0.05) is 18.7 Å². The largest absolute Gasteiger partial charge is 0.478 e. The number of carbonyl (C=O) groups is 2. The van der Waals surface area contributed by atoms with E-state index in [-0.39, 0.29) is 29.5 Å². The molecule has 3 rings (SSSR count). The number of nitrogens with zero attached hydrogens (tertiary/aromatic N) is 3. The molecule has 1 aliphatic rings. The SMILES string of the molecule is Cc1c(C(=O)O)cnn1C1CCN(C(=O)Cc2cccc(F)c2F)CC1. The van der Waals surface area contributed by atoms with E-state index in [9.17, 15) is 18.4 Å². The highest BCUT2D eigenvalue weighted by Gasteiger charge is 2.27. The molecule has 0 spiro atoms. The Labute approximate surface area is 149 Å². The Morgan fingerprint density at radius 1 is 1.27 bits per heavy atom. The molecule has 0 radical (unpaired) electrons.